The number of amides is 1. The summed E-state index contributed by atoms with van der Waals surface area (Å²) in [6.07, 6.45) is 1.35. The summed E-state index contributed by atoms with van der Waals surface area (Å²) < 4.78 is 18.8. The Bertz CT molecular complexity index is 513. The van der Waals surface area contributed by atoms with Crippen molar-refractivity contribution >= 4 is 18.0 Å². The molecule has 102 valence electrons. The Kier molecular flexibility index (Phi) is 5.05. The molecule has 0 heterocycles. The van der Waals surface area contributed by atoms with Crippen molar-refractivity contribution in [1.29, 1.82) is 0 Å². The zero-order valence-electron chi connectivity index (χ0n) is 10.5. The Labute approximate surface area is 109 Å². The number of aliphatic carboxylic acids is 1. The number of rotatable bonds is 5. The van der Waals surface area contributed by atoms with Gasteiger partial charge in [0.05, 0.1) is 0 Å². The van der Waals surface area contributed by atoms with Crippen LogP contribution >= 0.6 is 0 Å². The lowest BCUT2D eigenvalue weighted by Gasteiger charge is -2.13. The lowest BCUT2D eigenvalue weighted by atomic mass is 10.2. The van der Waals surface area contributed by atoms with Crippen molar-refractivity contribution in [3.05, 3.63) is 35.7 Å². The molecular formula is C13H14FNO4. The fraction of sp³-hybridized carbons (Fsp3) is 0.231. The summed E-state index contributed by atoms with van der Waals surface area (Å²) in [5, 5.41) is 10.8. The predicted molar refractivity (Wildman–Crippen MR) is 67.2 cm³/mol. The van der Waals surface area contributed by atoms with Crippen molar-refractivity contribution < 1.29 is 23.8 Å². The first-order valence-corrected chi connectivity index (χ1v) is 5.53. The third kappa shape index (κ3) is 4.42. The number of ether oxygens (including phenoxy) is 1. The average Bonchev–Trinajstić information content (AvgIpc) is 2.38. The van der Waals surface area contributed by atoms with Gasteiger partial charge in [0.25, 0.3) is 5.91 Å². The van der Waals surface area contributed by atoms with Crippen LogP contribution < -0.4 is 10.1 Å². The van der Waals surface area contributed by atoms with E-state index in [1.165, 1.54) is 32.2 Å². The Morgan fingerprint density at radius 1 is 1.47 bits per heavy atom. The molecule has 0 saturated carbocycles. The number of hydrogen-bond acceptors (Lipinski definition) is 3. The van der Waals surface area contributed by atoms with Gasteiger partial charge < -0.3 is 15.2 Å². The smallest absolute Gasteiger partial charge is 0.328 e. The van der Waals surface area contributed by atoms with Crippen LogP contribution in [0.15, 0.2) is 24.3 Å². The molecule has 0 saturated heterocycles. The highest BCUT2D eigenvalue weighted by Gasteiger charge is 2.14. The normalized spacial score (nSPS) is 12.2. The van der Waals surface area contributed by atoms with E-state index < -0.39 is 17.9 Å². The van der Waals surface area contributed by atoms with E-state index in [0.29, 0.717) is 5.56 Å². The maximum absolute atomic E-state index is 13.7. The molecule has 1 rings (SSSR count). The summed E-state index contributed by atoms with van der Waals surface area (Å²) in [6, 6.07) is 3.97. The van der Waals surface area contributed by atoms with E-state index >= 15 is 0 Å². The monoisotopic (exact) mass is 267 g/mol. The second-order valence-electron chi connectivity index (χ2n) is 3.74. The molecule has 0 aliphatic heterocycles. The molecule has 0 fully saturated rings. The molecule has 1 unspecified atom stereocenters. The molecule has 0 aromatic heterocycles. The maximum Gasteiger partial charge on any atom is 0.328 e. The Morgan fingerprint density at radius 3 is 2.68 bits per heavy atom. The summed E-state index contributed by atoms with van der Waals surface area (Å²) in [5.74, 6) is -2.21. The van der Waals surface area contributed by atoms with Crippen LogP contribution in [0, 0.1) is 5.82 Å². The maximum atomic E-state index is 13.7. The van der Waals surface area contributed by atoms with Crippen LogP contribution in [0.2, 0.25) is 0 Å². The number of carbonyl (C=O) groups is 2. The van der Waals surface area contributed by atoms with E-state index in [9.17, 15) is 14.0 Å². The standard InChI is InChI=1S/C13H14FNO4/c1-8(13(18)15-2)19-11-5-3-9(7-10(11)14)4-6-12(16)17/h3-8H,1-2H3,(H,15,18)(H,16,17)/b6-4+. The van der Waals surface area contributed by atoms with E-state index in [-0.39, 0.29) is 11.7 Å². The Morgan fingerprint density at radius 2 is 2.16 bits per heavy atom. The van der Waals surface area contributed by atoms with Crippen LogP contribution in [0.25, 0.3) is 6.08 Å². The SMILES string of the molecule is CNC(=O)C(C)Oc1ccc(/C=C/C(=O)O)cc1F. The van der Waals surface area contributed by atoms with Crippen LogP contribution in [0.1, 0.15) is 12.5 Å². The van der Waals surface area contributed by atoms with Crippen LogP contribution in [-0.4, -0.2) is 30.1 Å². The van der Waals surface area contributed by atoms with Gasteiger partial charge in [-0.3, -0.25) is 4.79 Å². The number of carboxylic acid groups (broad SMARTS) is 1. The van der Waals surface area contributed by atoms with Crippen LogP contribution in [-0.2, 0) is 9.59 Å². The van der Waals surface area contributed by atoms with Crippen molar-refractivity contribution in [2.75, 3.05) is 7.05 Å². The molecular weight excluding hydrogens is 253 g/mol. The summed E-state index contributed by atoms with van der Waals surface area (Å²) in [7, 11) is 1.46. The lowest BCUT2D eigenvalue weighted by Crippen LogP contribution is -2.33. The number of nitrogens with one attached hydrogen (secondary N) is 1. The van der Waals surface area contributed by atoms with Crippen LogP contribution in [0.5, 0.6) is 5.75 Å². The topological polar surface area (TPSA) is 75.6 Å². The van der Waals surface area contributed by atoms with Gasteiger partial charge in [-0.1, -0.05) is 6.07 Å². The third-order valence-corrected chi connectivity index (χ3v) is 2.29. The zero-order valence-corrected chi connectivity index (χ0v) is 10.5. The van der Waals surface area contributed by atoms with Gasteiger partial charge >= 0.3 is 5.97 Å². The Balaban J connectivity index is 2.83. The van der Waals surface area contributed by atoms with Gasteiger partial charge in [-0.25, -0.2) is 9.18 Å². The first-order valence-electron chi connectivity index (χ1n) is 5.53. The molecule has 0 aliphatic carbocycles. The molecule has 0 aliphatic rings. The van der Waals surface area contributed by atoms with Gasteiger partial charge in [0.1, 0.15) is 0 Å². The van der Waals surface area contributed by atoms with Gasteiger partial charge in [-0.2, -0.15) is 0 Å². The lowest BCUT2D eigenvalue weighted by molar-refractivity contribution is -0.131. The van der Waals surface area contributed by atoms with Crippen molar-refractivity contribution in [1.82, 2.24) is 5.32 Å². The minimum absolute atomic E-state index is 0.0661. The van der Waals surface area contributed by atoms with Gasteiger partial charge in [0.2, 0.25) is 0 Å². The molecule has 6 heteroatoms. The highest BCUT2D eigenvalue weighted by molar-refractivity contribution is 5.85. The highest BCUT2D eigenvalue weighted by Crippen LogP contribution is 2.20. The number of benzene rings is 1. The quantitative estimate of drug-likeness (QED) is 0.791. The van der Waals surface area contributed by atoms with Gasteiger partial charge in [0, 0.05) is 13.1 Å². The first-order chi connectivity index (χ1) is 8.93. The fourth-order valence-electron chi connectivity index (χ4n) is 1.33. The number of carboxylic acids is 1. The molecule has 19 heavy (non-hydrogen) atoms. The number of likely N-dealkylation sites (N-methyl/N-ethyl adjacent to an activating group) is 1. The summed E-state index contributed by atoms with van der Waals surface area (Å²) in [4.78, 5) is 21.6. The average molecular weight is 267 g/mol. The van der Waals surface area contributed by atoms with Gasteiger partial charge in [0.15, 0.2) is 17.7 Å². The van der Waals surface area contributed by atoms with Gasteiger partial charge in [-0.15, -0.1) is 0 Å². The second-order valence-corrected chi connectivity index (χ2v) is 3.74. The molecule has 1 atom stereocenters. The van der Waals surface area contributed by atoms with E-state index in [2.05, 4.69) is 5.32 Å². The number of hydrogen-bond donors (Lipinski definition) is 2. The van der Waals surface area contributed by atoms with E-state index in [4.69, 9.17) is 9.84 Å². The minimum Gasteiger partial charge on any atom is -0.478 e. The fourth-order valence-corrected chi connectivity index (χ4v) is 1.33. The predicted octanol–water partition coefficient (Wildman–Crippen LogP) is 1.44. The summed E-state index contributed by atoms with van der Waals surface area (Å²) in [5.41, 5.74) is 0.389. The second kappa shape index (κ2) is 6.53. The van der Waals surface area contributed by atoms with Crippen molar-refractivity contribution in [2.24, 2.45) is 0 Å². The van der Waals surface area contributed by atoms with E-state index in [1.807, 2.05) is 0 Å². The van der Waals surface area contributed by atoms with Crippen LogP contribution in [0.4, 0.5) is 4.39 Å². The molecule has 1 aromatic rings. The van der Waals surface area contributed by atoms with Crippen molar-refractivity contribution in [3.63, 3.8) is 0 Å². The third-order valence-electron chi connectivity index (χ3n) is 2.29. The largest absolute Gasteiger partial charge is 0.478 e. The van der Waals surface area contributed by atoms with E-state index in [1.54, 1.807) is 0 Å². The molecule has 1 amide bonds. The van der Waals surface area contributed by atoms with E-state index in [0.717, 1.165) is 12.1 Å². The van der Waals surface area contributed by atoms with Crippen molar-refractivity contribution in [2.45, 2.75) is 13.0 Å². The number of halogens is 1. The minimum atomic E-state index is -1.12. The summed E-state index contributed by atoms with van der Waals surface area (Å²) in [6.45, 7) is 1.50. The van der Waals surface area contributed by atoms with Crippen LogP contribution in [0.3, 0.4) is 0 Å². The Hall–Kier alpha value is -2.37. The first kappa shape index (κ1) is 14.7. The molecule has 0 radical (unpaired) electrons. The molecule has 0 spiro atoms. The molecule has 1 aromatic carbocycles. The van der Waals surface area contributed by atoms with Gasteiger partial charge in [-0.05, 0) is 30.7 Å². The molecule has 0 bridgehead atoms. The number of carbonyl (C=O) groups excluding carboxylic acids is 1. The highest BCUT2D eigenvalue weighted by atomic mass is 19.1. The van der Waals surface area contributed by atoms with Crippen molar-refractivity contribution in [3.8, 4) is 5.75 Å². The molecule has 5 nitrogen and oxygen atoms in total. The summed E-state index contributed by atoms with van der Waals surface area (Å²) >= 11 is 0. The zero-order chi connectivity index (χ0) is 14.4. The molecule has 2 N–H and O–H groups in total.